The van der Waals surface area contributed by atoms with Gasteiger partial charge in [-0.3, -0.25) is 9.59 Å². The van der Waals surface area contributed by atoms with Gasteiger partial charge in [0.1, 0.15) is 5.75 Å². The molecule has 0 saturated carbocycles. The Kier molecular flexibility index (Phi) is 6.06. The molecule has 0 aromatic heterocycles. The third-order valence-corrected chi connectivity index (χ3v) is 6.29. The molecule has 0 unspecified atom stereocenters. The highest BCUT2D eigenvalue weighted by atomic mass is 16.5. The molecule has 5 nitrogen and oxygen atoms in total. The molecular weight excluding hydrogens is 436 g/mol. The van der Waals surface area contributed by atoms with Crippen molar-refractivity contribution in [1.29, 1.82) is 0 Å². The van der Waals surface area contributed by atoms with E-state index in [-0.39, 0.29) is 24.2 Å². The van der Waals surface area contributed by atoms with Crippen LogP contribution in [0.25, 0.3) is 0 Å². The first-order valence-corrected chi connectivity index (χ1v) is 11.6. The van der Waals surface area contributed by atoms with Gasteiger partial charge in [0.25, 0.3) is 5.91 Å². The molecule has 2 amide bonds. The van der Waals surface area contributed by atoms with Gasteiger partial charge in [-0.1, -0.05) is 66.7 Å². The molecule has 4 aromatic carbocycles. The molecule has 0 bridgehead atoms. The van der Waals surface area contributed by atoms with E-state index in [2.05, 4.69) is 5.32 Å². The van der Waals surface area contributed by atoms with Crippen LogP contribution in [0.4, 0.5) is 11.4 Å². The number of hydrogen-bond acceptors (Lipinski definition) is 3. The molecule has 0 spiro atoms. The molecule has 174 valence electrons. The van der Waals surface area contributed by atoms with Crippen molar-refractivity contribution in [3.05, 3.63) is 119 Å². The topological polar surface area (TPSA) is 58.6 Å². The Morgan fingerprint density at radius 1 is 0.857 bits per heavy atom. The van der Waals surface area contributed by atoms with Gasteiger partial charge in [-0.05, 0) is 53.9 Å². The minimum atomic E-state index is -0.188. The third-order valence-electron chi connectivity index (χ3n) is 6.29. The quantitative estimate of drug-likeness (QED) is 0.366. The lowest BCUT2D eigenvalue weighted by Gasteiger charge is -2.18. The second kappa shape index (κ2) is 9.47. The van der Waals surface area contributed by atoms with Crippen molar-refractivity contribution in [1.82, 2.24) is 0 Å². The molecule has 0 atom stereocenters. The molecule has 5 heteroatoms. The summed E-state index contributed by atoms with van der Waals surface area (Å²) < 4.78 is 6.06. The molecule has 1 aliphatic heterocycles. The molecular formula is C30H26N2O3. The summed E-state index contributed by atoms with van der Waals surface area (Å²) in [5, 5.41) is 2.98. The van der Waals surface area contributed by atoms with E-state index in [1.54, 1.807) is 30.1 Å². The lowest BCUT2D eigenvalue weighted by atomic mass is 9.88. The molecule has 0 radical (unpaired) electrons. The zero-order valence-corrected chi connectivity index (χ0v) is 19.7. The van der Waals surface area contributed by atoms with Crippen molar-refractivity contribution in [2.24, 2.45) is 0 Å². The largest absolute Gasteiger partial charge is 0.454 e. The normalized spacial score (nSPS) is 12.4. The Bertz CT molecular complexity index is 1340. The summed E-state index contributed by atoms with van der Waals surface area (Å²) in [7, 11) is 1.73. The van der Waals surface area contributed by atoms with E-state index in [1.165, 1.54) is 0 Å². The maximum atomic E-state index is 13.2. The van der Waals surface area contributed by atoms with Gasteiger partial charge in [0.2, 0.25) is 5.91 Å². The third kappa shape index (κ3) is 4.66. The van der Waals surface area contributed by atoms with E-state index < -0.39 is 0 Å². The number of carbonyl (C=O) groups excluding carboxylic acids is 2. The van der Waals surface area contributed by atoms with E-state index in [1.807, 2.05) is 85.8 Å². The van der Waals surface area contributed by atoms with Crippen molar-refractivity contribution in [3.63, 3.8) is 0 Å². The Morgan fingerprint density at radius 3 is 2.14 bits per heavy atom. The SMILES string of the molecule is Cc1ccc2c(c1)N(C)C(=O)c1cc(NC(=O)CC(c3ccccc3)c3ccccc3)ccc1O2. The van der Waals surface area contributed by atoms with E-state index in [0.29, 0.717) is 28.4 Å². The molecule has 1 heterocycles. The van der Waals surface area contributed by atoms with Crippen LogP contribution in [0.3, 0.4) is 0 Å². The molecule has 0 fully saturated rings. The van der Waals surface area contributed by atoms with Gasteiger partial charge in [0, 0.05) is 25.1 Å². The molecule has 35 heavy (non-hydrogen) atoms. The van der Waals surface area contributed by atoms with Gasteiger partial charge < -0.3 is 15.0 Å². The first-order valence-electron chi connectivity index (χ1n) is 11.6. The number of nitrogens with one attached hydrogen (secondary N) is 1. The second-order valence-corrected chi connectivity index (χ2v) is 8.77. The molecule has 0 aliphatic carbocycles. The van der Waals surface area contributed by atoms with Crippen LogP contribution >= 0.6 is 0 Å². The zero-order valence-electron chi connectivity index (χ0n) is 19.7. The van der Waals surface area contributed by atoms with Gasteiger partial charge in [-0.15, -0.1) is 0 Å². The van der Waals surface area contributed by atoms with E-state index in [4.69, 9.17) is 4.74 Å². The summed E-state index contributed by atoms with van der Waals surface area (Å²) in [4.78, 5) is 27.9. The average Bonchev–Trinajstić information content (AvgIpc) is 2.98. The predicted octanol–water partition coefficient (Wildman–Crippen LogP) is 6.54. The average molecular weight is 463 g/mol. The van der Waals surface area contributed by atoms with Gasteiger partial charge in [-0.2, -0.15) is 0 Å². The van der Waals surface area contributed by atoms with Gasteiger partial charge in [0.05, 0.1) is 11.3 Å². The summed E-state index contributed by atoms with van der Waals surface area (Å²) in [6.45, 7) is 1.97. The summed E-state index contributed by atoms with van der Waals surface area (Å²) >= 11 is 0. The number of hydrogen-bond donors (Lipinski definition) is 1. The van der Waals surface area contributed by atoms with Gasteiger partial charge >= 0.3 is 0 Å². The zero-order chi connectivity index (χ0) is 24.4. The van der Waals surface area contributed by atoms with E-state index in [9.17, 15) is 9.59 Å². The highest BCUT2D eigenvalue weighted by Crippen LogP contribution is 2.39. The molecule has 4 aromatic rings. The van der Waals surface area contributed by atoms with E-state index in [0.717, 1.165) is 16.7 Å². The fourth-order valence-electron chi connectivity index (χ4n) is 4.44. The summed E-state index contributed by atoms with van der Waals surface area (Å²) in [6, 6.07) is 31.0. The minimum Gasteiger partial charge on any atom is -0.454 e. The monoisotopic (exact) mass is 462 g/mol. The molecule has 0 saturated heterocycles. The number of rotatable bonds is 5. The number of aryl methyl sites for hydroxylation is 1. The van der Waals surface area contributed by atoms with Gasteiger partial charge in [-0.25, -0.2) is 0 Å². The van der Waals surface area contributed by atoms with Crippen LogP contribution in [0.15, 0.2) is 97.1 Å². The summed E-state index contributed by atoms with van der Waals surface area (Å²) in [5.74, 6) is 0.695. The van der Waals surface area contributed by atoms with Crippen LogP contribution in [0.2, 0.25) is 0 Å². The highest BCUT2D eigenvalue weighted by Gasteiger charge is 2.26. The Labute approximate surface area is 205 Å². The van der Waals surface area contributed by atoms with Crippen LogP contribution < -0.4 is 15.0 Å². The first kappa shape index (κ1) is 22.4. The minimum absolute atomic E-state index is 0.0768. The standard InChI is InChI=1S/C30H26N2O3/c1-20-13-15-28-26(17-20)32(2)30(34)25-18-23(14-16-27(25)35-28)31-29(33)19-24(21-9-5-3-6-10-21)22-11-7-4-8-12-22/h3-18,24H,19H2,1-2H3,(H,31,33). The first-order chi connectivity index (χ1) is 17.0. The lowest BCUT2D eigenvalue weighted by molar-refractivity contribution is -0.116. The number of benzene rings is 4. The number of amides is 2. The van der Waals surface area contributed by atoms with Crippen LogP contribution in [0, 0.1) is 6.92 Å². The molecule has 1 N–H and O–H groups in total. The smallest absolute Gasteiger partial charge is 0.261 e. The fourth-order valence-corrected chi connectivity index (χ4v) is 4.44. The lowest BCUT2D eigenvalue weighted by Crippen LogP contribution is -2.25. The number of ether oxygens (including phenoxy) is 1. The number of fused-ring (bicyclic) bond motifs is 2. The van der Waals surface area contributed by atoms with Crippen molar-refractivity contribution in [2.45, 2.75) is 19.3 Å². The van der Waals surface area contributed by atoms with Crippen molar-refractivity contribution in [2.75, 3.05) is 17.3 Å². The second-order valence-electron chi connectivity index (χ2n) is 8.77. The van der Waals surface area contributed by atoms with Crippen LogP contribution in [0.5, 0.6) is 11.5 Å². The maximum Gasteiger partial charge on any atom is 0.261 e. The summed E-state index contributed by atoms with van der Waals surface area (Å²) in [6.07, 6.45) is 0.278. The highest BCUT2D eigenvalue weighted by molar-refractivity contribution is 6.10. The van der Waals surface area contributed by atoms with E-state index >= 15 is 0 Å². The van der Waals surface area contributed by atoms with Crippen molar-refractivity contribution < 1.29 is 14.3 Å². The molecule has 1 aliphatic rings. The Morgan fingerprint density at radius 2 is 1.49 bits per heavy atom. The maximum absolute atomic E-state index is 13.2. The van der Waals surface area contributed by atoms with Crippen LogP contribution in [-0.4, -0.2) is 18.9 Å². The van der Waals surface area contributed by atoms with Crippen molar-refractivity contribution >= 4 is 23.2 Å². The Balaban J connectivity index is 1.39. The predicted molar refractivity (Wildman–Crippen MR) is 138 cm³/mol. The number of anilines is 2. The van der Waals surface area contributed by atoms with Crippen LogP contribution in [0.1, 0.15) is 39.4 Å². The fraction of sp³-hybridized carbons (Fsp3) is 0.133. The van der Waals surface area contributed by atoms with Crippen molar-refractivity contribution in [3.8, 4) is 11.5 Å². The molecule has 5 rings (SSSR count). The van der Waals surface area contributed by atoms with Crippen LogP contribution in [-0.2, 0) is 4.79 Å². The van der Waals surface area contributed by atoms with Gasteiger partial charge in [0.15, 0.2) is 5.75 Å². The number of nitrogens with zero attached hydrogens (tertiary/aromatic N) is 1. The number of carbonyl (C=O) groups is 2. The Hall–Kier alpha value is -4.38. The summed E-state index contributed by atoms with van der Waals surface area (Å²) in [5.41, 5.74) is 4.87.